The Morgan fingerprint density at radius 1 is 1.08 bits per heavy atom. The Hall–Kier alpha value is -2.55. The quantitative estimate of drug-likeness (QED) is 0.826. The van der Waals surface area contributed by atoms with Crippen LogP contribution in [0.3, 0.4) is 0 Å². The number of nitriles is 1. The molecule has 3 nitrogen and oxygen atoms in total. The summed E-state index contributed by atoms with van der Waals surface area (Å²) in [6.45, 7) is 1.22. The molecule has 0 bridgehead atoms. The summed E-state index contributed by atoms with van der Waals surface area (Å²) in [7, 11) is 0. The van der Waals surface area contributed by atoms with E-state index in [1.807, 2.05) is 24.3 Å². The Bertz CT molecular complexity index is 758. The van der Waals surface area contributed by atoms with E-state index in [4.69, 9.17) is 0 Å². The first-order valence-electron chi connectivity index (χ1n) is 8.24. The van der Waals surface area contributed by atoms with Crippen molar-refractivity contribution in [1.29, 1.82) is 5.26 Å². The van der Waals surface area contributed by atoms with E-state index in [2.05, 4.69) is 17.1 Å². The van der Waals surface area contributed by atoms with Crippen molar-refractivity contribution in [2.24, 2.45) is 5.92 Å². The average Bonchev–Trinajstić information content (AvgIpc) is 2.62. The van der Waals surface area contributed by atoms with Gasteiger partial charge in [0.2, 0.25) is 0 Å². The summed E-state index contributed by atoms with van der Waals surface area (Å²) >= 11 is 0. The molecule has 1 aliphatic heterocycles. The fourth-order valence-electron chi connectivity index (χ4n) is 3.23. The van der Waals surface area contributed by atoms with Crippen LogP contribution in [0.25, 0.3) is 0 Å². The fourth-order valence-corrected chi connectivity index (χ4v) is 3.23. The van der Waals surface area contributed by atoms with Crippen molar-refractivity contribution >= 4 is 5.82 Å². The summed E-state index contributed by atoms with van der Waals surface area (Å²) in [5.41, 5.74) is 0.512. The monoisotopic (exact) mass is 345 g/mol. The van der Waals surface area contributed by atoms with E-state index in [1.165, 1.54) is 11.6 Å². The lowest BCUT2D eigenvalue weighted by Crippen LogP contribution is -2.35. The Balaban J connectivity index is 1.71. The molecule has 3 rings (SSSR count). The summed E-state index contributed by atoms with van der Waals surface area (Å²) in [6.07, 6.45) is -1.79. The highest BCUT2D eigenvalue weighted by Crippen LogP contribution is 2.32. The molecule has 2 heterocycles. The molecule has 0 N–H and O–H groups in total. The normalized spacial score (nSPS) is 15.8. The highest BCUT2D eigenvalue weighted by Gasteiger charge is 2.34. The van der Waals surface area contributed by atoms with Gasteiger partial charge in [-0.05, 0) is 42.9 Å². The molecule has 0 radical (unpaired) electrons. The van der Waals surface area contributed by atoms with Crippen molar-refractivity contribution in [3.05, 3.63) is 59.3 Å². The van der Waals surface area contributed by atoms with E-state index in [1.54, 1.807) is 4.90 Å². The largest absolute Gasteiger partial charge is 0.433 e. The Kier molecular flexibility index (Phi) is 4.93. The molecular formula is C19H18F3N3. The smallest absolute Gasteiger partial charge is 0.355 e. The lowest BCUT2D eigenvalue weighted by Gasteiger charge is -2.33. The van der Waals surface area contributed by atoms with Gasteiger partial charge in [-0.3, -0.25) is 0 Å². The van der Waals surface area contributed by atoms with Crippen LogP contribution in [0.1, 0.15) is 29.7 Å². The van der Waals surface area contributed by atoms with Crippen LogP contribution >= 0.6 is 0 Å². The van der Waals surface area contributed by atoms with E-state index in [-0.39, 0.29) is 11.4 Å². The molecule has 0 aliphatic carbocycles. The molecule has 1 aromatic carbocycles. The predicted octanol–water partition coefficient (Wildman–Crippen LogP) is 4.43. The third-order valence-electron chi connectivity index (χ3n) is 4.57. The lowest BCUT2D eigenvalue weighted by atomic mass is 9.90. The molecular weight excluding hydrogens is 327 g/mol. The highest BCUT2D eigenvalue weighted by atomic mass is 19.4. The van der Waals surface area contributed by atoms with Crippen LogP contribution in [-0.4, -0.2) is 18.1 Å². The first-order chi connectivity index (χ1) is 12.0. The van der Waals surface area contributed by atoms with Gasteiger partial charge in [-0.2, -0.15) is 18.4 Å². The second-order valence-electron chi connectivity index (χ2n) is 6.30. The highest BCUT2D eigenvalue weighted by molar-refractivity contribution is 5.54. The molecule has 0 unspecified atom stereocenters. The summed E-state index contributed by atoms with van der Waals surface area (Å²) in [5.74, 6) is 0.644. The molecule has 1 saturated heterocycles. The second kappa shape index (κ2) is 7.14. The number of aromatic nitrogens is 1. The number of benzene rings is 1. The van der Waals surface area contributed by atoms with Gasteiger partial charge in [0.25, 0.3) is 0 Å². The molecule has 0 spiro atoms. The molecule has 1 aliphatic rings. The van der Waals surface area contributed by atoms with Gasteiger partial charge >= 0.3 is 6.18 Å². The summed E-state index contributed by atoms with van der Waals surface area (Å²) < 4.78 is 38.7. The maximum absolute atomic E-state index is 12.9. The lowest BCUT2D eigenvalue weighted by molar-refractivity contribution is -0.141. The molecule has 0 amide bonds. The Labute approximate surface area is 144 Å². The first-order valence-corrected chi connectivity index (χ1v) is 8.24. The van der Waals surface area contributed by atoms with Crippen LogP contribution in [0.15, 0.2) is 42.5 Å². The van der Waals surface area contributed by atoms with Crippen molar-refractivity contribution < 1.29 is 13.2 Å². The van der Waals surface area contributed by atoms with E-state index < -0.39 is 11.9 Å². The minimum atomic E-state index is -4.51. The van der Waals surface area contributed by atoms with Crippen LogP contribution < -0.4 is 4.90 Å². The predicted molar refractivity (Wildman–Crippen MR) is 89.0 cm³/mol. The zero-order valence-corrected chi connectivity index (χ0v) is 13.6. The third kappa shape index (κ3) is 4.11. The van der Waals surface area contributed by atoms with Gasteiger partial charge in [0.1, 0.15) is 17.6 Å². The van der Waals surface area contributed by atoms with Gasteiger partial charge in [0.05, 0.1) is 5.56 Å². The molecule has 0 atom stereocenters. The Morgan fingerprint density at radius 2 is 1.76 bits per heavy atom. The van der Waals surface area contributed by atoms with Gasteiger partial charge in [-0.1, -0.05) is 30.3 Å². The standard InChI is InChI=1S/C19H18F3N3/c20-19(21,22)17-7-6-16(13-23)18(24-17)25-10-8-15(9-11-25)12-14-4-2-1-3-5-14/h1-7,15H,8-12H2. The van der Waals surface area contributed by atoms with Crippen molar-refractivity contribution in [2.75, 3.05) is 18.0 Å². The number of rotatable bonds is 3. The second-order valence-corrected chi connectivity index (χ2v) is 6.30. The fraction of sp³-hybridized carbons (Fsp3) is 0.368. The van der Waals surface area contributed by atoms with Gasteiger partial charge < -0.3 is 4.90 Å². The number of pyridine rings is 1. The number of alkyl halides is 3. The number of hydrogen-bond donors (Lipinski definition) is 0. The molecule has 2 aromatic rings. The zero-order valence-electron chi connectivity index (χ0n) is 13.6. The van der Waals surface area contributed by atoms with Crippen molar-refractivity contribution in [2.45, 2.75) is 25.4 Å². The maximum Gasteiger partial charge on any atom is 0.433 e. The average molecular weight is 345 g/mol. The molecule has 1 aromatic heterocycles. The minimum Gasteiger partial charge on any atom is -0.355 e. The van der Waals surface area contributed by atoms with Crippen LogP contribution in [0.4, 0.5) is 19.0 Å². The SMILES string of the molecule is N#Cc1ccc(C(F)(F)F)nc1N1CCC(Cc2ccccc2)CC1. The summed E-state index contributed by atoms with van der Waals surface area (Å²) in [5, 5.41) is 9.19. The minimum absolute atomic E-state index is 0.149. The molecule has 0 saturated carbocycles. The maximum atomic E-state index is 12.9. The first kappa shape index (κ1) is 17.3. The number of anilines is 1. The molecule has 6 heteroatoms. The number of piperidine rings is 1. The van der Waals surface area contributed by atoms with E-state index in [9.17, 15) is 18.4 Å². The number of hydrogen-bond acceptors (Lipinski definition) is 3. The van der Waals surface area contributed by atoms with Crippen LogP contribution in [0.2, 0.25) is 0 Å². The van der Waals surface area contributed by atoms with Crippen LogP contribution in [-0.2, 0) is 12.6 Å². The van der Waals surface area contributed by atoms with Gasteiger partial charge in [-0.25, -0.2) is 4.98 Å². The van der Waals surface area contributed by atoms with Crippen molar-refractivity contribution in [3.8, 4) is 6.07 Å². The molecule has 1 fully saturated rings. The number of nitrogens with zero attached hydrogens (tertiary/aromatic N) is 3. The number of halogens is 3. The molecule has 25 heavy (non-hydrogen) atoms. The topological polar surface area (TPSA) is 39.9 Å². The molecule has 130 valence electrons. The van der Waals surface area contributed by atoms with Gasteiger partial charge in [-0.15, -0.1) is 0 Å². The van der Waals surface area contributed by atoms with Crippen molar-refractivity contribution in [1.82, 2.24) is 4.98 Å². The van der Waals surface area contributed by atoms with Crippen LogP contribution in [0, 0.1) is 17.2 Å². The van der Waals surface area contributed by atoms with E-state index in [0.29, 0.717) is 19.0 Å². The van der Waals surface area contributed by atoms with Gasteiger partial charge in [0, 0.05) is 13.1 Å². The Morgan fingerprint density at radius 3 is 2.36 bits per heavy atom. The van der Waals surface area contributed by atoms with Crippen LogP contribution in [0.5, 0.6) is 0 Å². The summed E-state index contributed by atoms with van der Waals surface area (Å²) in [4.78, 5) is 5.53. The van der Waals surface area contributed by atoms with Gasteiger partial charge in [0.15, 0.2) is 0 Å². The summed E-state index contributed by atoms with van der Waals surface area (Å²) in [6, 6.07) is 14.2. The van der Waals surface area contributed by atoms with E-state index >= 15 is 0 Å². The third-order valence-corrected chi connectivity index (χ3v) is 4.57. The zero-order chi connectivity index (χ0) is 17.9. The van der Waals surface area contributed by atoms with Crippen molar-refractivity contribution in [3.63, 3.8) is 0 Å². The van der Waals surface area contributed by atoms with E-state index in [0.717, 1.165) is 25.3 Å².